The Morgan fingerprint density at radius 1 is 1.21 bits per heavy atom. The second kappa shape index (κ2) is 6.12. The normalized spacial score (nSPS) is 13.9. The van der Waals surface area contributed by atoms with Crippen molar-refractivity contribution in [2.24, 2.45) is 0 Å². The first-order chi connectivity index (χ1) is 11.7. The molecule has 0 radical (unpaired) electrons. The zero-order valence-electron chi connectivity index (χ0n) is 13.8. The maximum Gasteiger partial charge on any atom is 0.227 e. The quantitative estimate of drug-likeness (QED) is 0.744. The number of aryl methyl sites for hydroxylation is 4. The molecule has 0 bridgehead atoms. The molecule has 0 unspecified atom stereocenters. The molecule has 3 aromatic heterocycles. The summed E-state index contributed by atoms with van der Waals surface area (Å²) in [4.78, 5) is 13.3. The highest BCUT2D eigenvalue weighted by atomic mass is 16.5. The number of nitrogens with one attached hydrogen (secondary N) is 2. The van der Waals surface area contributed by atoms with Gasteiger partial charge < -0.3 is 9.84 Å². The SMILES string of the molecule is Cc1nc(CCc2nc(-c3c(C)ncc4c3CCNC4)no2)n[nH]1. The fourth-order valence-corrected chi connectivity index (χ4v) is 3.04. The molecule has 0 fully saturated rings. The molecular weight excluding hydrogens is 306 g/mol. The van der Waals surface area contributed by atoms with E-state index < -0.39 is 0 Å². The summed E-state index contributed by atoms with van der Waals surface area (Å²) >= 11 is 0. The van der Waals surface area contributed by atoms with E-state index in [1.165, 1.54) is 11.1 Å². The third-order valence-electron chi connectivity index (χ3n) is 4.23. The summed E-state index contributed by atoms with van der Waals surface area (Å²) in [7, 11) is 0. The van der Waals surface area contributed by atoms with Crippen molar-refractivity contribution in [1.82, 2.24) is 35.6 Å². The van der Waals surface area contributed by atoms with Gasteiger partial charge in [0.25, 0.3) is 0 Å². The van der Waals surface area contributed by atoms with E-state index in [1.807, 2.05) is 20.0 Å². The number of aromatic amines is 1. The van der Waals surface area contributed by atoms with Crippen molar-refractivity contribution in [2.75, 3.05) is 6.54 Å². The predicted molar refractivity (Wildman–Crippen MR) is 86.2 cm³/mol. The van der Waals surface area contributed by atoms with Gasteiger partial charge in [0.1, 0.15) is 5.82 Å². The van der Waals surface area contributed by atoms with E-state index in [2.05, 4.69) is 35.6 Å². The van der Waals surface area contributed by atoms with Crippen molar-refractivity contribution in [3.05, 3.63) is 40.6 Å². The van der Waals surface area contributed by atoms with Gasteiger partial charge in [-0.15, -0.1) is 0 Å². The van der Waals surface area contributed by atoms with Gasteiger partial charge in [-0.3, -0.25) is 10.1 Å². The van der Waals surface area contributed by atoms with Crippen molar-refractivity contribution in [1.29, 1.82) is 0 Å². The second-order valence-electron chi connectivity index (χ2n) is 6.00. The van der Waals surface area contributed by atoms with Crippen molar-refractivity contribution >= 4 is 0 Å². The van der Waals surface area contributed by atoms with Gasteiger partial charge in [0.15, 0.2) is 5.82 Å². The first kappa shape index (κ1) is 14.9. The molecular formula is C16H19N7O. The molecule has 8 nitrogen and oxygen atoms in total. The molecule has 0 aromatic carbocycles. The molecule has 3 aromatic rings. The van der Waals surface area contributed by atoms with E-state index in [0.717, 1.165) is 42.4 Å². The Hall–Kier alpha value is -2.61. The number of H-pyrrole nitrogens is 1. The van der Waals surface area contributed by atoms with Crippen LogP contribution in [0.2, 0.25) is 0 Å². The zero-order valence-corrected chi connectivity index (χ0v) is 13.8. The summed E-state index contributed by atoms with van der Waals surface area (Å²) in [6.45, 7) is 5.66. The summed E-state index contributed by atoms with van der Waals surface area (Å²) in [6.07, 6.45) is 4.18. The molecule has 0 aliphatic carbocycles. The molecule has 0 saturated heterocycles. The van der Waals surface area contributed by atoms with Crippen LogP contribution in [0.3, 0.4) is 0 Å². The predicted octanol–water partition coefficient (Wildman–Crippen LogP) is 1.30. The van der Waals surface area contributed by atoms with E-state index >= 15 is 0 Å². The maximum absolute atomic E-state index is 5.42. The summed E-state index contributed by atoms with van der Waals surface area (Å²) in [5.41, 5.74) is 4.44. The van der Waals surface area contributed by atoms with Crippen molar-refractivity contribution in [3.63, 3.8) is 0 Å². The van der Waals surface area contributed by atoms with Crippen LogP contribution in [-0.2, 0) is 25.8 Å². The molecule has 0 atom stereocenters. The monoisotopic (exact) mass is 325 g/mol. The summed E-state index contributed by atoms with van der Waals surface area (Å²) in [5, 5.41) is 14.5. The molecule has 0 amide bonds. The topological polar surface area (TPSA) is 105 Å². The summed E-state index contributed by atoms with van der Waals surface area (Å²) < 4.78 is 5.42. The fraction of sp³-hybridized carbons (Fsp3) is 0.438. The molecule has 0 spiro atoms. The van der Waals surface area contributed by atoms with Crippen LogP contribution in [0.25, 0.3) is 11.4 Å². The highest BCUT2D eigenvalue weighted by molar-refractivity contribution is 5.64. The summed E-state index contributed by atoms with van der Waals surface area (Å²) in [5.74, 6) is 2.79. The van der Waals surface area contributed by atoms with Gasteiger partial charge in [-0.25, -0.2) is 4.98 Å². The van der Waals surface area contributed by atoms with Crippen molar-refractivity contribution in [2.45, 2.75) is 39.7 Å². The average Bonchev–Trinajstić information content (AvgIpc) is 3.22. The fourth-order valence-electron chi connectivity index (χ4n) is 3.04. The van der Waals surface area contributed by atoms with E-state index in [9.17, 15) is 0 Å². The highest BCUT2D eigenvalue weighted by Crippen LogP contribution is 2.28. The molecule has 4 rings (SSSR count). The van der Waals surface area contributed by atoms with Gasteiger partial charge in [-0.1, -0.05) is 5.16 Å². The van der Waals surface area contributed by atoms with Gasteiger partial charge in [0.2, 0.25) is 11.7 Å². The Balaban J connectivity index is 1.58. The summed E-state index contributed by atoms with van der Waals surface area (Å²) in [6, 6.07) is 0. The minimum atomic E-state index is 0.596. The molecule has 24 heavy (non-hydrogen) atoms. The number of hydrogen-bond donors (Lipinski definition) is 2. The number of pyridine rings is 1. The first-order valence-corrected chi connectivity index (χ1v) is 8.09. The van der Waals surface area contributed by atoms with Gasteiger partial charge in [0, 0.05) is 36.8 Å². The smallest absolute Gasteiger partial charge is 0.227 e. The molecule has 124 valence electrons. The second-order valence-corrected chi connectivity index (χ2v) is 6.00. The molecule has 0 saturated carbocycles. The largest absolute Gasteiger partial charge is 0.339 e. The molecule has 2 N–H and O–H groups in total. The van der Waals surface area contributed by atoms with E-state index in [0.29, 0.717) is 24.6 Å². The maximum atomic E-state index is 5.42. The molecule has 1 aliphatic heterocycles. The lowest BCUT2D eigenvalue weighted by molar-refractivity contribution is 0.378. The Morgan fingerprint density at radius 2 is 2.12 bits per heavy atom. The van der Waals surface area contributed by atoms with Crippen molar-refractivity contribution in [3.8, 4) is 11.4 Å². The molecule has 8 heteroatoms. The highest BCUT2D eigenvalue weighted by Gasteiger charge is 2.21. The van der Waals surface area contributed by atoms with Crippen LogP contribution in [0.15, 0.2) is 10.7 Å². The minimum absolute atomic E-state index is 0.596. The van der Waals surface area contributed by atoms with Gasteiger partial charge >= 0.3 is 0 Å². The Bertz CT molecular complexity index is 867. The third-order valence-corrected chi connectivity index (χ3v) is 4.23. The third kappa shape index (κ3) is 2.80. The number of aromatic nitrogens is 6. The van der Waals surface area contributed by atoms with Gasteiger partial charge in [-0.2, -0.15) is 10.1 Å². The standard InChI is InChI=1S/C16H19N7O/c1-9-15(12-5-6-17-7-11(12)8-18-9)16-20-14(24-23-16)4-3-13-19-10(2)21-22-13/h8,17H,3-7H2,1-2H3,(H,19,21,22). The molecule has 4 heterocycles. The van der Waals surface area contributed by atoms with Crippen LogP contribution in [0.4, 0.5) is 0 Å². The van der Waals surface area contributed by atoms with E-state index in [-0.39, 0.29) is 0 Å². The van der Waals surface area contributed by atoms with Gasteiger partial charge in [0.05, 0.1) is 0 Å². The van der Waals surface area contributed by atoms with Crippen molar-refractivity contribution < 1.29 is 4.52 Å². The Kier molecular flexibility index (Phi) is 3.81. The van der Waals surface area contributed by atoms with E-state index in [4.69, 9.17) is 4.52 Å². The Morgan fingerprint density at radius 3 is 2.96 bits per heavy atom. The number of nitrogens with zero attached hydrogens (tertiary/aromatic N) is 5. The lowest BCUT2D eigenvalue weighted by Gasteiger charge is -2.19. The molecule has 1 aliphatic rings. The zero-order chi connectivity index (χ0) is 16.5. The van der Waals surface area contributed by atoms with Crippen LogP contribution >= 0.6 is 0 Å². The Labute approximate surface area is 139 Å². The number of fused-ring (bicyclic) bond motifs is 1. The average molecular weight is 325 g/mol. The number of rotatable bonds is 4. The minimum Gasteiger partial charge on any atom is -0.339 e. The lowest BCUT2D eigenvalue weighted by Crippen LogP contribution is -2.24. The van der Waals surface area contributed by atoms with Gasteiger partial charge in [-0.05, 0) is 37.9 Å². The van der Waals surface area contributed by atoms with E-state index in [1.54, 1.807) is 0 Å². The van der Waals surface area contributed by atoms with Crippen LogP contribution in [0.5, 0.6) is 0 Å². The van der Waals surface area contributed by atoms with Crippen LogP contribution in [-0.4, -0.2) is 36.9 Å². The van der Waals surface area contributed by atoms with Crippen LogP contribution < -0.4 is 5.32 Å². The van der Waals surface area contributed by atoms with Crippen LogP contribution in [0.1, 0.15) is 34.4 Å². The first-order valence-electron chi connectivity index (χ1n) is 8.09. The lowest BCUT2D eigenvalue weighted by atomic mass is 9.95. The number of hydrogen-bond acceptors (Lipinski definition) is 7. The van der Waals surface area contributed by atoms with Crippen LogP contribution in [0, 0.1) is 13.8 Å².